The molecule has 1 N–H and O–H groups in total. The lowest BCUT2D eigenvalue weighted by atomic mass is 10.1. The van der Waals surface area contributed by atoms with E-state index in [9.17, 15) is 13.2 Å². The number of benzene rings is 1. The first-order valence-electron chi connectivity index (χ1n) is 5.32. The van der Waals surface area contributed by atoms with Crippen molar-refractivity contribution in [1.82, 2.24) is 0 Å². The highest BCUT2D eigenvalue weighted by atomic mass is 32.2. The molecule has 1 aromatic carbocycles. The molecule has 0 fully saturated rings. The molecule has 0 bridgehead atoms. The van der Waals surface area contributed by atoms with Crippen LogP contribution >= 0.6 is 0 Å². The van der Waals surface area contributed by atoms with Crippen LogP contribution < -0.4 is 5.32 Å². The molecular formula is C12H17NO3S. The number of nitrogens with one attached hydrogen (secondary N) is 1. The van der Waals surface area contributed by atoms with Gasteiger partial charge in [0.25, 0.3) is 0 Å². The fraction of sp³-hybridized carbons (Fsp3) is 0.417. The van der Waals surface area contributed by atoms with Gasteiger partial charge in [-0.1, -0.05) is 6.07 Å². The Kier molecular flexibility index (Phi) is 4.28. The van der Waals surface area contributed by atoms with Gasteiger partial charge in [0.1, 0.15) is 9.84 Å². The summed E-state index contributed by atoms with van der Waals surface area (Å²) in [5.74, 6) is -0.399. The maximum absolute atomic E-state index is 11.5. The minimum absolute atomic E-state index is 0.00811. The average molecular weight is 255 g/mol. The molecule has 0 unspecified atom stereocenters. The predicted octanol–water partition coefficient (Wildman–Crippen LogP) is 1.68. The Morgan fingerprint density at radius 3 is 2.18 bits per heavy atom. The molecule has 1 rings (SSSR count). The molecule has 0 aliphatic heterocycles. The van der Waals surface area contributed by atoms with Crippen molar-refractivity contribution in [3.05, 3.63) is 29.3 Å². The number of hydrogen-bond donors (Lipinski definition) is 1. The summed E-state index contributed by atoms with van der Waals surface area (Å²) in [6.45, 7) is 3.89. The third-order valence-corrected chi connectivity index (χ3v) is 3.15. The second-order valence-corrected chi connectivity index (χ2v) is 6.56. The van der Waals surface area contributed by atoms with Crippen molar-refractivity contribution in [3.8, 4) is 0 Å². The quantitative estimate of drug-likeness (QED) is 0.890. The molecule has 0 aliphatic rings. The normalized spacial score (nSPS) is 11.2. The van der Waals surface area contributed by atoms with E-state index in [-0.39, 0.29) is 18.1 Å². The maximum Gasteiger partial charge on any atom is 0.225 e. The van der Waals surface area contributed by atoms with Crippen molar-refractivity contribution in [2.45, 2.75) is 20.3 Å². The van der Waals surface area contributed by atoms with Crippen molar-refractivity contribution < 1.29 is 13.2 Å². The topological polar surface area (TPSA) is 63.2 Å². The van der Waals surface area contributed by atoms with E-state index in [0.29, 0.717) is 5.69 Å². The lowest BCUT2D eigenvalue weighted by molar-refractivity contribution is -0.115. The van der Waals surface area contributed by atoms with Crippen molar-refractivity contribution in [1.29, 1.82) is 0 Å². The second-order valence-electron chi connectivity index (χ2n) is 4.30. The summed E-state index contributed by atoms with van der Waals surface area (Å²) in [6, 6.07) is 5.71. The van der Waals surface area contributed by atoms with E-state index >= 15 is 0 Å². The Hall–Kier alpha value is -1.36. The molecule has 1 aromatic rings. The molecule has 0 aromatic heterocycles. The summed E-state index contributed by atoms with van der Waals surface area (Å²) >= 11 is 0. The SMILES string of the molecule is Cc1cc(C)cc(NC(=O)CCS(C)(=O)=O)c1. The summed E-state index contributed by atoms with van der Waals surface area (Å²) in [5, 5.41) is 2.69. The standard InChI is InChI=1S/C12H17NO3S/c1-9-6-10(2)8-11(7-9)13-12(14)4-5-17(3,15)16/h6-8H,4-5H2,1-3H3,(H,13,14). The van der Waals surface area contributed by atoms with Crippen LogP contribution in [0.15, 0.2) is 18.2 Å². The monoisotopic (exact) mass is 255 g/mol. The Balaban J connectivity index is 2.62. The lowest BCUT2D eigenvalue weighted by Crippen LogP contribution is -2.16. The van der Waals surface area contributed by atoms with Crippen molar-refractivity contribution in [3.63, 3.8) is 0 Å². The summed E-state index contributed by atoms with van der Waals surface area (Å²) in [5.41, 5.74) is 2.83. The summed E-state index contributed by atoms with van der Waals surface area (Å²) < 4.78 is 21.8. The van der Waals surface area contributed by atoms with Gasteiger partial charge in [0.05, 0.1) is 5.75 Å². The van der Waals surface area contributed by atoms with E-state index in [2.05, 4.69) is 5.32 Å². The van der Waals surface area contributed by atoms with Gasteiger partial charge in [-0.05, 0) is 37.1 Å². The third-order valence-electron chi connectivity index (χ3n) is 2.21. The van der Waals surface area contributed by atoms with E-state index in [4.69, 9.17) is 0 Å². The average Bonchev–Trinajstić information content (AvgIpc) is 2.11. The van der Waals surface area contributed by atoms with Crippen molar-refractivity contribution in [2.24, 2.45) is 0 Å². The number of amides is 1. The molecule has 0 atom stereocenters. The zero-order valence-electron chi connectivity index (χ0n) is 10.3. The number of hydrogen-bond acceptors (Lipinski definition) is 3. The van der Waals surface area contributed by atoms with E-state index in [1.54, 1.807) is 0 Å². The first-order valence-corrected chi connectivity index (χ1v) is 7.38. The molecule has 0 saturated heterocycles. The van der Waals surface area contributed by atoms with Crippen LogP contribution in [0.1, 0.15) is 17.5 Å². The molecule has 94 valence electrons. The number of carbonyl (C=O) groups is 1. The molecule has 4 nitrogen and oxygen atoms in total. The second kappa shape index (κ2) is 5.31. The fourth-order valence-corrected chi connectivity index (χ4v) is 2.10. The van der Waals surface area contributed by atoms with Crippen LogP contribution in [0.5, 0.6) is 0 Å². The first-order chi connectivity index (χ1) is 7.76. The highest BCUT2D eigenvalue weighted by Gasteiger charge is 2.08. The molecule has 0 radical (unpaired) electrons. The van der Waals surface area contributed by atoms with Gasteiger partial charge < -0.3 is 5.32 Å². The predicted molar refractivity (Wildman–Crippen MR) is 68.9 cm³/mol. The highest BCUT2D eigenvalue weighted by Crippen LogP contribution is 2.13. The smallest absolute Gasteiger partial charge is 0.225 e. The van der Waals surface area contributed by atoms with Crippen molar-refractivity contribution in [2.75, 3.05) is 17.3 Å². The van der Waals surface area contributed by atoms with Gasteiger partial charge in [0.2, 0.25) is 5.91 Å². The van der Waals surface area contributed by atoms with Crippen molar-refractivity contribution >= 4 is 21.4 Å². The molecule has 0 saturated carbocycles. The summed E-state index contributed by atoms with van der Waals surface area (Å²) in [6.07, 6.45) is 1.11. The largest absolute Gasteiger partial charge is 0.326 e. The lowest BCUT2D eigenvalue weighted by Gasteiger charge is -2.07. The van der Waals surface area contributed by atoms with Crippen LogP contribution in [-0.4, -0.2) is 26.3 Å². The summed E-state index contributed by atoms with van der Waals surface area (Å²) in [4.78, 5) is 11.5. The Labute approximate surface area is 102 Å². The highest BCUT2D eigenvalue weighted by molar-refractivity contribution is 7.90. The van der Waals surface area contributed by atoms with Gasteiger partial charge in [-0.3, -0.25) is 4.79 Å². The number of sulfone groups is 1. The van der Waals surface area contributed by atoms with Gasteiger partial charge >= 0.3 is 0 Å². The number of rotatable bonds is 4. The van der Waals surface area contributed by atoms with Gasteiger partial charge in [-0.25, -0.2) is 8.42 Å². The van der Waals surface area contributed by atoms with E-state index < -0.39 is 9.84 Å². The molecular weight excluding hydrogens is 238 g/mol. The van der Waals surface area contributed by atoms with Gasteiger partial charge in [-0.15, -0.1) is 0 Å². The van der Waals surface area contributed by atoms with E-state index in [0.717, 1.165) is 17.4 Å². The molecule has 0 heterocycles. The van der Waals surface area contributed by atoms with Crippen LogP contribution in [0.4, 0.5) is 5.69 Å². The zero-order chi connectivity index (χ0) is 13.1. The van der Waals surface area contributed by atoms with Gasteiger partial charge in [-0.2, -0.15) is 0 Å². The maximum atomic E-state index is 11.5. The summed E-state index contributed by atoms with van der Waals surface area (Å²) in [7, 11) is -3.09. The minimum atomic E-state index is -3.09. The first kappa shape index (κ1) is 13.7. The van der Waals surface area contributed by atoms with Gasteiger partial charge in [0, 0.05) is 18.4 Å². The van der Waals surface area contributed by atoms with Crippen LogP contribution in [0, 0.1) is 13.8 Å². The Bertz CT molecular complexity index is 500. The Morgan fingerprint density at radius 2 is 1.71 bits per heavy atom. The van der Waals surface area contributed by atoms with Gasteiger partial charge in [0.15, 0.2) is 0 Å². The molecule has 17 heavy (non-hydrogen) atoms. The number of carbonyl (C=O) groups excluding carboxylic acids is 1. The van der Waals surface area contributed by atoms with E-state index in [1.807, 2.05) is 32.0 Å². The third kappa shape index (κ3) is 5.49. The zero-order valence-corrected chi connectivity index (χ0v) is 11.1. The minimum Gasteiger partial charge on any atom is -0.326 e. The number of anilines is 1. The van der Waals surface area contributed by atoms with Crippen LogP contribution in [0.3, 0.4) is 0 Å². The Morgan fingerprint density at radius 1 is 1.18 bits per heavy atom. The van der Waals surface area contributed by atoms with Crippen LogP contribution in [0.25, 0.3) is 0 Å². The number of aryl methyl sites for hydroxylation is 2. The molecule has 1 amide bonds. The van der Waals surface area contributed by atoms with Crippen LogP contribution in [-0.2, 0) is 14.6 Å². The molecule has 0 aliphatic carbocycles. The van der Waals surface area contributed by atoms with E-state index in [1.165, 1.54) is 0 Å². The molecule has 5 heteroatoms. The fourth-order valence-electron chi connectivity index (χ4n) is 1.55. The van der Waals surface area contributed by atoms with Crippen LogP contribution in [0.2, 0.25) is 0 Å². The molecule has 0 spiro atoms.